The number of ether oxygens (including phenoxy) is 1. The van der Waals surface area contributed by atoms with Crippen LogP contribution in [0.2, 0.25) is 0 Å². The number of benzene rings is 2. The number of morpholine rings is 1. The lowest BCUT2D eigenvalue weighted by atomic mass is 10.1. The summed E-state index contributed by atoms with van der Waals surface area (Å²) in [5.41, 5.74) is 2.22. The maximum absolute atomic E-state index is 12.7. The second-order valence-electron chi connectivity index (χ2n) is 7.65. The second kappa shape index (κ2) is 10.7. The van der Waals surface area contributed by atoms with Crippen LogP contribution >= 0.6 is 0 Å². The van der Waals surface area contributed by atoms with Crippen LogP contribution in [0, 0.1) is 0 Å². The van der Waals surface area contributed by atoms with Crippen LogP contribution in [0.15, 0.2) is 59.5 Å². The third-order valence-electron chi connectivity index (χ3n) is 5.29. The molecule has 7 heteroatoms. The SMILES string of the molecule is C[C@@H](CCc1ccccc1)NC(=O)CCc1ccc(S(=O)(=O)N2CCOCC2)cc1. The summed E-state index contributed by atoms with van der Waals surface area (Å²) in [6, 6.07) is 17.2. The first kappa shape index (κ1) is 22.5. The molecule has 0 bridgehead atoms. The minimum absolute atomic E-state index is 0.0144. The molecule has 1 N–H and O–H groups in total. The van der Waals surface area contributed by atoms with E-state index in [9.17, 15) is 13.2 Å². The fraction of sp³-hybridized carbons (Fsp3) is 0.435. The Labute approximate surface area is 179 Å². The van der Waals surface area contributed by atoms with Crippen LogP contribution in [0.25, 0.3) is 0 Å². The first-order chi connectivity index (χ1) is 14.4. The van der Waals surface area contributed by atoms with E-state index in [0.29, 0.717) is 39.1 Å². The Morgan fingerprint density at radius 2 is 1.63 bits per heavy atom. The number of carbonyl (C=O) groups is 1. The highest BCUT2D eigenvalue weighted by molar-refractivity contribution is 7.89. The summed E-state index contributed by atoms with van der Waals surface area (Å²) in [6.45, 7) is 3.64. The van der Waals surface area contributed by atoms with Gasteiger partial charge >= 0.3 is 0 Å². The van der Waals surface area contributed by atoms with Crippen LogP contribution in [-0.2, 0) is 32.4 Å². The number of aryl methyl sites for hydroxylation is 2. The highest BCUT2D eigenvalue weighted by Crippen LogP contribution is 2.18. The monoisotopic (exact) mass is 430 g/mol. The van der Waals surface area contributed by atoms with Gasteiger partial charge in [0.1, 0.15) is 0 Å². The van der Waals surface area contributed by atoms with Crippen molar-refractivity contribution < 1.29 is 17.9 Å². The Morgan fingerprint density at radius 1 is 1.00 bits per heavy atom. The lowest BCUT2D eigenvalue weighted by molar-refractivity contribution is -0.121. The summed E-state index contributed by atoms with van der Waals surface area (Å²) in [6.07, 6.45) is 2.78. The summed E-state index contributed by atoms with van der Waals surface area (Å²) in [7, 11) is -3.48. The quantitative estimate of drug-likeness (QED) is 0.664. The van der Waals surface area contributed by atoms with Gasteiger partial charge in [0, 0.05) is 25.6 Å². The predicted molar refractivity (Wildman–Crippen MR) is 117 cm³/mol. The molecule has 0 unspecified atom stereocenters. The standard InChI is InChI=1S/C23H30N2O4S/c1-19(7-8-20-5-3-2-4-6-20)24-23(26)14-11-21-9-12-22(13-10-21)30(27,28)25-15-17-29-18-16-25/h2-6,9-10,12-13,19H,7-8,11,14-18H2,1H3,(H,24,26)/t19-/m0/s1. The maximum Gasteiger partial charge on any atom is 0.243 e. The van der Waals surface area contributed by atoms with Crippen molar-refractivity contribution in [1.82, 2.24) is 9.62 Å². The summed E-state index contributed by atoms with van der Waals surface area (Å²) in [5.74, 6) is 0.0144. The minimum Gasteiger partial charge on any atom is -0.379 e. The van der Waals surface area contributed by atoms with Gasteiger partial charge in [-0.3, -0.25) is 4.79 Å². The molecule has 0 radical (unpaired) electrons. The molecule has 0 aliphatic carbocycles. The first-order valence-electron chi connectivity index (χ1n) is 10.5. The Balaban J connectivity index is 1.44. The van der Waals surface area contributed by atoms with Gasteiger partial charge in [-0.25, -0.2) is 8.42 Å². The molecule has 2 aromatic rings. The largest absolute Gasteiger partial charge is 0.379 e. The molecule has 6 nitrogen and oxygen atoms in total. The number of hydrogen-bond donors (Lipinski definition) is 1. The zero-order valence-electron chi connectivity index (χ0n) is 17.4. The van der Waals surface area contributed by atoms with E-state index >= 15 is 0 Å². The Morgan fingerprint density at radius 3 is 2.30 bits per heavy atom. The van der Waals surface area contributed by atoms with Crippen molar-refractivity contribution >= 4 is 15.9 Å². The average molecular weight is 431 g/mol. The lowest BCUT2D eigenvalue weighted by Gasteiger charge is -2.26. The van der Waals surface area contributed by atoms with Crippen molar-refractivity contribution in [2.75, 3.05) is 26.3 Å². The third-order valence-corrected chi connectivity index (χ3v) is 7.20. The summed E-state index contributed by atoms with van der Waals surface area (Å²) in [5, 5.41) is 3.05. The predicted octanol–water partition coefficient (Wildman–Crippen LogP) is 2.78. The normalized spacial score (nSPS) is 16.2. The molecule has 30 heavy (non-hydrogen) atoms. The van der Waals surface area contributed by atoms with E-state index in [1.54, 1.807) is 24.3 Å². The number of carbonyl (C=O) groups excluding carboxylic acids is 1. The Hall–Kier alpha value is -2.22. The molecule has 0 spiro atoms. The molecule has 1 amide bonds. The number of hydrogen-bond acceptors (Lipinski definition) is 4. The molecule has 1 saturated heterocycles. The minimum atomic E-state index is -3.48. The van der Waals surface area contributed by atoms with E-state index in [-0.39, 0.29) is 16.8 Å². The molecular formula is C23H30N2O4S. The molecule has 1 heterocycles. The van der Waals surface area contributed by atoms with Gasteiger partial charge in [-0.05, 0) is 49.4 Å². The number of amides is 1. The molecule has 0 aromatic heterocycles. The molecule has 2 aromatic carbocycles. The highest BCUT2D eigenvalue weighted by Gasteiger charge is 2.26. The summed E-state index contributed by atoms with van der Waals surface area (Å²) >= 11 is 0. The van der Waals surface area contributed by atoms with Gasteiger partial charge in [0.25, 0.3) is 0 Å². The molecular weight excluding hydrogens is 400 g/mol. The van der Waals surface area contributed by atoms with Crippen LogP contribution in [0.1, 0.15) is 30.9 Å². The molecule has 1 fully saturated rings. The first-order valence-corrected chi connectivity index (χ1v) is 11.9. The van der Waals surface area contributed by atoms with Crippen molar-refractivity contribution in [2.45, 2.75) is 43.5 Å². The Kier molecular flexibility index (Phi) is 8.01. The molecule has 3 rings (SSSR count). The van der Waals surface area contributed by atoms with Crippen molar-refractivity contribution in [3.63, 3.8) is 0 Å². The van der Waals surface area contributed by atoms with Crippen LogP contribution in [0.3, 0.4) is 0 Å². The zero-order valence-corrected chi connectivity index (χ0v) is 18.2. The van der Waals surface area contributed by atoms with Crippen molar-refractivity contribution in [3.05, 3.63) is 65.7 Å². The fourth-order valence-electron chi connectivity index (χ4n) is 3.47. The second-order valence-corrected chi connectivity index (χ2v) is 9.59. The van der Waals surface area contributed by atoms with Gasteiger partial charge in [0.15, 0.2) is 0 Å². The average Bonchev–Trinajstić information content (AvgIpc) is 2.78. The van der Waals surface area contributed by atoms with Gasteiger partial charge in [-0.2, -0.15) is 4.31 Å². The van der Waals surface area contributed by atoms with E-state index in [2.05, 4.69) is 17.4 Å². The van der Waals surface area contributed by atoms with Gasteiger partial charge in [-0.1, -0.05) is 42.5 Å². The van der Waals surface area contributed by atoms with Gasteiger partial charge in [-0.15, -0.1) is 0 Å². The number of nitrogens with zero attached hydrogens (tertiary/aromatic N) is 1. The van der Waals surface area contributed by atoms with Crippen molar-refractivity contribution in [1.29, 1.82) is 0 Å². The van der Waals surface area contributed by atoms with Crippen LogP contribution in [-0.4, -0.2) is 51.0 Å². The van der Waals surface area contributed by atoms with Crippen molar-refractivity contribution in [3.8, 4) is 0 Å². The highest BCUT2D eigenvalue weighted by atomic mass is 32.2. The van der Waals surface area contributed by atoms with Crippen LogP contribution in [0.5, 0.6) is 0 Å². The topological polar surface area (TPSA) is 75.7 Å². The molecule has 1 aliphatic heterocycles. The van der Waals surface area contributed by atoms with E-state index < -0.39 is 10.0 Å². The van der Waals surface area contributed by atoms with Gasteiger partial charge in [0.05, 0.1) is 18.1 Å². The fourth-order valence-corrected chi connectivity index (χ4v) is 4.88. The van der Waals surface area contributed by atoms with Gasteiger partial charge < -0.3 is 10.1 Å². The zero-order chi connectivity index (χ0) is 21.4. The lowest BCUT2D eigenvalue weighted by Crippen LogP contribution is -2.40. The van der Waals surface area contributed by atoms with E-state index in [4.69, 9.17) is 4.74 Å². The molecule has 162 valence electrons. The van der Waals surface area contributed by atoms with Crippen LogP contribution in [0.4, 0.5) is 0 Å². The summed E-state index contributed by atoms with van der Waals surface area (Å²) < 4.78 is 32.0. The van der Waals surface area contributed by atoms with Crippen LogP contribution < -0.4 is 5.32 Å². The third kappa shape index (κ3) is 6.39. The smallest absolute Gasteiger partial charge is 0.243 e. The number of rotatable bonds is 9. The number of sulfonamides is 1. The molecule has 0 saturated carbocycles. The maximum atomic E-state index is 12.7. The van der Waals surface area contributed by atoms with E-state index in [1.807, 2.05) is 25.1 Å². The van der Waals surface area contributed by atoms with E-state index in [1.165, 1.54) is 9.87 Å². The number of nitrogens with one attached hydrogen (secondary N) is 1. The van der Waals surface area contributed by atoms with Crippen molar-refractivity contribution in [2.24, 2.45) is 0 Å². The summed E-state index contributed by atoms with van der Waals surface area (Å²) in [4.78, 5) is 12.5. The molecule has 1 aliphatic rings. The molecule has 1 atom stereocenters. The van der Waals surface area contributed by atoms with Gasteiger partial charge in [0.2, 0.25) is 15.9 Å². The Bertz CT molecular complexity index is 908. The van der Waals surface area contributed by atoms with E-state index in [0.717, 1.165) is 18.4 Å².